The first-order chi connectivity index (χ1) is 4.13. The fraction of sp³-hybridized carbons (Fsp3) is 0.833. The molecule has 0 amide bonds. The molecule has 3 heteroatoms. The highest BCUT2D eigenvalue weighted by Crippen LogP contribution is 2.03. The first-order valence-corrected chi connectivity index (χ1v) is 4.00. The van der Waals surface area contributed by atoms with Crippen molar-refractivity contribution in [2.45, 2.75) is 26.3 Å². The van der Waals surface area contributed by atoms with Gasteiger partial charge in [0, 0.05) is 18.7 Å². The maximum absolute atomic E-state index is 10.3. The Hall–Kier alpha value is -0.0200. The highest BCUT2D eigenvalue weighted by molar-refractivity contribution is 8.13. The van der Waals surface area contributed by atoms with Gasteiger partial charge in [-0.05, 0) is 13.3 Å². The molecule has 9 heavy (non-hydrogen) atoms. The number of carbonyl (C=O) groups excluding carboxylic acids is 1. The van der Waals surface area contributed by atoms with Crippen LogP contribution in [0.2, 0.25) is 0 Å². The van der Waals surface area contributed by atoms with Crippen LogP contribution in [0.15, 0.2) is 0 Å². The summed E-state index contributed by atoms with van der Waals surface area (Å²) >= 11 is 1.34. The van der Waals surface area contributed by atoms with Gasteiger partial charge in [0.15, 0.2) is 5.12 Å². The molecular weight excluding hydrogens is 134 g/mol. The summed E-state index contributed by atoms with van der Waals surface area (Å²) in [6, 6.07) is 0.219. The van der Waals surface area contributed by atoms with Crippen molar-refractivity contribution in [3.05, 3.63) is 0 Å². The predicted octanol–water partition coefficient (Wildman–Crippen LogP) is 1.00. The maximum atomic E-state index is 10.3. The highest BCUT2D eigenvalue weighted by atomic mass is 32.2. The normalized spacial score (nSPS) is 13.2. The lowest BCUT2D eigenvalue weighted by molar-refractivity contribution is -0.109. The zero-order valence-electron chi connectivity index (χ0n) is 5.89. The number of carbonyl (C=O) groups is 1. The molecule has 1 atom stereocenters. The molecule has 0 aliphatic rings. The quantitative estimate of drug-likeness (QED) is 0.647. The van der Waals surface area contributed by atoms with E-state index in [1.54, 1.807) is 6.92 Å². The van der Waals surface area contributed by atoms with Gasteiger partial charge in [0.2, 0.25) is 0 Å². The van der Waals surface area contributed by atoms with Crippen LogP contribution in [0.3, 0.4) is 0 Å². The van der Waals surface area contributed by atoms with Crippen molar-refractivity contribution in [2.24, 2.45) is 5.73 Å². The van der Waals surface area contributed by atoms with Crippen LogP contribution in [-0.4, -0.2) is 16.9 Å². The van der Waals surface area contributed by atoms with Gasteiger partial charge < -0.3 is 5.73 Å². The zero-order valence-corrected chi connectivity index (χ0v) is 6.70. The molecular formula is C6H13NOS. The van der Waals surface area contributed by atoms with E-state index < -0.39 is 0 Å². The summed E-state index contributed by atoms with van der Waals surface area (Å²) in [6.45, 7) is 3.52. The Morgan fingerprint density at radius 1 is 1.78 bits per heavy atom. The molecule has 2 nitrogen and oxygen atoms in total. The van der Waals surface area contributed by atoms with E-state index in [4.69, 9.17) is 5.73 Å². The van der Waals surface area contributed by atoms with E-state index in [0.29, 0.717) is 0 Å². The van der Waals surface area contributed by atoms with Gasteiger partial charge >= 0.3 is 0 Å². The molecule has 0 saturated heterocycles. The Bertz CT molecular complexity index is 93.1. The van der Waals surface area contributed by atoms with E-state index in [9.17, 15) is 4.79 Å². The van der Waals surface area contributed by atoms with E-state index in [1.807, 2.05) is 6.92 Å². The molecule has 0 aliphatic carbocycles. The lowest BCUT2D eigenvalue weighted by Crippen LogP contribution is -2.15. The van der Waals surface area contributed by atoms with Gasteiger partial charge in [0.25, 0.3) is 0 Å². The minimum absolute atomic E-state index is 0.177. The fourth-order valence-corrected chi connectivity index (χ4v) is 1.17. The number of thioether (sulfide) groups is 1. The SMILES string of the molecule is CC(=O)SCC[C@H](C)N. The summed E-state index contributed by atoms with van der Waals surface area (Å²) in [7, 11) is 0. The van der Waals surface area contributed by atoms with Gasteiger partial charge in [0.05, 0.1) is 0 Å². The first-order valence-electron chi connectivity index (χ1n) is 3.02. The minimum Gasteiger partial charge on any atom is -0.328 e. The zero-order chi connectivity index (χ0) is 7.28. The van der Waals surface area contributed by atoms with E-state index in [1.165, 1.54) is 11.8 Å². The maximum Gasteiger partial charge on any atom is 0.185 e. The Morgan fingerprint density at radius 3 is 2.67 bits per heavy atom. The number of hydrogen-bond acceptors (Lipinski definition) is 3. The van der Waals surface area contributed by atoms with Crippen LogP contribution < -0.4 is 5.73 Å². The van der Waals surface area contributed by atoms with Crippen molar-refractivity contribution in [1.82, 2.24) is 0 Å². The molecule has 0 spiro atoms. The third-order valence-corrected chi connectivity index (χ3v) is 1.72. The van der Waals surface area contributed by atoms with Crippen LogP contribution in [0.4, 0.5) is 0 Å². The first kappa shape index (κ1) is 8.98. The largest absolute Gasteiger partial charge is 0.328 e. The lowest BCUT2D eigenvalue weighted by Gasteiger charge is -2.00. The Morgan fingerprint density at radius 2 is 2.33 bits per heavy atom. The van der Waals surface area contributed by atoms with Gasteiger partial charge in [-0.3, -0.25) is 4.79 Å². The van der Waals surface area contributed by atoms with Crippen LogP contribution in [0, 0.1) is 0 Å². The van der Waals surface area contributed by atoms with Crippen molar-refractivity contribution in [3.8, 4) is 0 Å². The summed E-state index contributed by atoms with van der Waals surface area (Å²) in [5, 5.41) is 0.177. The Labute approximate surface area is 60.2 Å². The molecule has 0 unspecified atom stereocenters. The van der Waals surface area contributed by atoms with Crippen LogP contribution in [0.5, 0.6) is 0 Å². The molecule has 0 rings (SSSR count). The van der Waals surface area contributed by atoms with Crippen molar-refractivity contribution in [2.75, 3.05) is 5.75 Å². The fourth-order valence-electron chi connectivity index (χ4n) is 0.389. The Balaban J connectivity index is 3.01. The average molecular weight is 147 g/mol. The molecule has 0 aromatic rings. The van der Waals surface area contributed by atoms with E-state index in [0.717, 1.165) is 12.2 Å². The van der Waals surface area contributed by atoms with E-state index in [2.05, 4.69) is 0 Å². The molecule has 0 bridgehead atoms. The average Bonchev–Trinajstić information content (AvgIpc) is 1.63. The van der Waals surface area contributed by atoms with Gasteiger partial charge in [-0.15, -0.1) is 0 Å². The Kier molecular flexibility index (Phi) is 4.81. The standard InChI is InChI=1S/C6H13NOS/c1-5(7)3-4-9-6(2)8/h5H,3-4,7H2,1-2H3/t5-/m0/s1. The van der Waals surface area contributed by atoms with Gasteiger partial charge in [-0.1, -0.05) is 11.8 Å². The number of nitrogens with two attached hydrogens (primary N) is 1. The molecule has 0 aromatic heterocycles. The molecule has 0 fully saturated rings. The molecule has 0 aromatic carbocycles. The topological polar surface area (TPSA) is 43.1 Å². The predicted molar refractivity (Wildman–Crippen MR) is 41.4 cm³/mol. The van der Waals surface area contributed by atoms with Crippen LogP contribution >= 0.6 is 11.8 Å². The third kappa shape index (κ3) is 7.98. The summed E-state index contributed by atoms with van der Waals surface area (Å²) in [4.78, 5) is 10.3. The molecule has 0 aliphatic heterocycles. The molecule has 0 heterocycles. The molecule has 54 valence electrons. The number of rotatable bonds is 3. The van der Waals surface area contributed by atoms with Crippen molar-refractivity contribution in [3.63, 3.8) is 0 Å². The van der Waals surface area contributed by atoms with Gasteiger partial charge in [0.1, 0.15) is 0 Å². The van der Waals surface area contributed by atoms with E-state index in [-0.39, 0.29) is 11.2 Å². The second-order valence-corrected chi connectivity index (χ2v) is 3.38. The second-order valence-electron chi connectivity index (χ2n) is 2.11. The third-order valence-electron chi connectivity index (χ3n) is 0.879. The summed E-state index contributed by atoms with van der Waals surface area (Å²) in [5.74, 6) is 0.854. The van der Waals surface area contributed by atoms with E-state index >= 15 is 0 Å². The molecule has 2 N–H and O–H groups in total. The van der Waals surface area contributed by atoms with Crippen LogP contribution in [-0.2, 0) is 4.79 Å². The van der Waals surface area contributed by atoms with Crippen molar-refractivity contribution in [1.29, 1.82) is 0 Å². The number of hydrogen-bond donors (Lipinski definition) is 1. The summed E-state index contributed by atoms with van der Waals surface area (Å²) in [6.07, 6.45) is 0.921. The van der Waals surface area contributed by atoms with Crippen molar-refractivity contribution >= 4 is 16.9 Å². The monoisotopic (exact) mass is 147 g/mol. The molecule has 0 radical (unpaired) electrons. The van der Waals surface area contributed by atoms with Gasteiger partial charge in [-0.2, -0.15) is 0 Å². The van der Waals surface area contributed by atoms with Crippen LogP contribution in [0.25, 0.3) is 0 Å². The highest BCUT2D eigenvalue weighted by Gasteiger charge is 1.96. The molecule has 0 saturated carbocycles. The lowest BCUT2D eigenvalue weighted by atomic mass is 10.3. The minimum atomic E-state index is 0.177. The van der Waals surface area contributed by atoms with Crippen molar-refractivity contribution < 1.29 is 4.79 Å². The van der Waals surface area contributed by atoms with Crippen LogP contribution in [0.1, 0.15) is 20.3 Å². The smallest absolute Gasteiger partial charge is 0.185 e. The summed E-state index contributed by atoms with van der Waals surface area (Å²) in [5.41, 5.74) is 5.45. The second kappa shape index (κ2) is 4.82. The van der Waals surface area contributed by atoms with Gasteiger partial charge in [-0.25, -0.2) is 0 Å². The summed E-state index contributed by atoms with van der Waals surface area (Å²) < 4.78 is 0.